The third-order valence-electron chi connectivity index (χ3n) is 5.88. The predicted molar refractivity (Wildman–Crippen MR) is 125 cm³/mol. The van der Waals surface area contributed by atoms with E-state index in [1.165, 1.54) is 5.56 Å². The van der Waals surface area contributed by atoms with Gasteiger partial charge in [0.15, 0.2) is 0 Å². The smallest absolute Gasteiger partial charge is 0.321 e. The number of piperazine rings is 1. The SMILES string of the molecule is CCc1ccc(NC(=O)N2CCN(Cc3nc(-c4ccc(OC)cc4)oc3C)CC2)cc1. The number of aryl methyl sites for hydroxylation is 2. The summed E-state index contributed by atoms with van der Waals surface area (Å²) in [5.41, 5.74) is 3.95. The fraction of sp³-hybridized carbons (Fsp3) is 0.360. The largest absolute Gasteiger partial charge is 0.497 e. The maximum absolute atomic E-state index is 12.6. The molecule has 1 fully saturated rings. The molecule has 0 spiro atoms. The fourth-order valence-corrected chi connectivity index (χ4v) is 3.78. The first-order chi connectivity index (χ1) is 15.6. The van der Waals surface area contributed by atoms with Gasteiger partial charge < -0.3 is 19.4 Å². The summed E-state index contributed by atoms with van der Waals surface area (Å²) in [6.45, 7) is 7.73. The molecule has 7 nitrogen and oxygen atoms in total. The highest BCUT2D eigenvalue weighted by Crippen LogP contribution is 2.25. The number of hydrogen-bond acceptors (Lipinski definition) is 5. The lowest BCUT2D eigenvalue weighted by molar-refractivity contribution is 0.141. The Hall–Kier alpha value is -3.32. The Balaban J connectivity index is 1.30. The van der Waals surface area contributed by atoms with Crippen LogP contribution in [-0.4, -0.2) is 54.1 Å². The number of rotatable bonds is 6. The van der Waals surface area contributed by atoms with Crippen molar-refractivity contribution in [2.75, 3.05) is 38.6 Å². The average Bonchev–Trinajstić information content (AvgIpc) is 3.20. The summed E-state index contributed by atoms with van der Waals surface area (Å²) in [7, 11) is 1.65. The number of nitrogens with one attached hydrogen (secondary N) is 1. The average molecular weight is 435 g/mol. The second kappa shape index (κ2) is 9.87. The van der Waals surface area contributed by atoms with E-state index in [-0.39, 0.29) is 6.03 Å². The molecule has 0 radical (unpaired) electrons. The van der Waals surface area contributed by atoms with E-state index in [4.69, 9.17) is 14.1 Å². The van der Waals surface area contributed by atoms with Crippen LogP contribution in [0.25, 0.3) is 11.5 Å². The van der Waals surface area contributed by atoms with E-state index in [0.29, 0.717) is 25.5 Å². The standard InChI is InChI=1S/C25H30N4O3/c1-4-19-5-9-21(10-6-19)26-25(30)29-15-13-28(14-16-29)17-23-18(2)32-24(27-23)20-7-11-22(31-3)12-8-20/h5-12H,4,13-17H2,1-3H3,(H,26,30). The summed E-state index contributed by atoms with van der Waals surface area (Å²) >= 11 is 0. The maximum Gasteiger partial charge on any atom is 0.321 e. The van der Waals surface area contributed by atoms with Crippen molar-refractivity contribution < 1.29 is 13.9 Å². The molecule has 168 valence electrons. The third-order valence-corrected chi connectivity index (χ3v) is 5.88. The van der Waals surface area contributed by atoms with Crippen LogP contribution in [-0.2, 0) is 13.0 Å². The van der Waals surface area contributed by atoms with Crippen LogP contribution in [0.5, 0.6) is 5.75 Å². The van der Waals surface area contributed by atoms with Crippen molar-refractivity contribution in [1.82, 2.24) is 14.8 Å². The summed E-state index contributed by atoms with van der Waals surface area (Å²) < 4.78 is 11.1. The fourth-order valence-electron chi connectivity index (χ4n) is 3.78. The van der Waals surface area contributed by atoms with Crippen molar-refractivity contribution in [2.45, 2.75) is 26.8 Å². The summed E-state index contributed by atoms with van der Waals surface area (Å²) in [6, 6.07) is 15.7. The van der Waals surface area contributed by atoms with Crippen molar-refractivity contribution in [2.24, 2.45) is 0 Å². The molecular weight excluding hydrogens is 404 g/mol. The van der Waals surface area contributed by atoms with E-state index in [9.17, 15) is 4.79 Å². The highest BCUT2D eigenvalue weighted by molar-refractivity contribution is 5.89. The highest BCUT2D eigenvalue weighted by atomic mass is 16.5. The van der Waals surface area contributed by atoms with Crippen LogP contribution < -0.4 is 10.1 Å². The van der Waals surface area contributed by atoms with E-state index in [1.807, 2.05) is 60.4 Å². The summed E-state index contributed by atoms with van der Waals surface area (Å²) in [5, 5.41) is 3.00. The number of benzene rings is 2. The Labute approximate surface area is 189 Å². The van der Waals surface area contributed by atoms with Gasteiger partial charge in [-0.3, -0.25) is 4.90 Å². The number of amides is 2. The van der Waals surface area contributed by atoms with Crippen LogP contribution >= 0.6 is 0 Å². The van der Waals surface area contributed by atoms with Gasteiger partial charge in [0.2, 0.25) is 5.89 Å². The zero-order chi connectivity index (χ0) is 22.5. The molecule has 3 aromatic rings. The second-order valence-corrected chi connectivity index (χ2v) is 7.99. The number of ether oxygens (including phenoxy) is 1. The quantitative estimate of drug-likeness (QED) is 0.615. The van der Waals surface area contributed by atoms with Crippen molar-refractivity contribution in [3.8, 4) is 17.2 Å². The Morgan fingerprint density at radius 2 is 1.75 bits per heavy atom. The molecule has 2 heterocycles. The molecule has 1 N–H and O–H groups in total. The minimum Gasteiger partial charge on any atom is -0.497 e. The Morgan fingerprint density at radius 1 is 1.06 bits per heavy atom. The van der Waals surface area contributed by atoms with Crippen LogP contribution in [0, 0.1) is 6.92 Å². The number of carbonyl (C=O) groups excluding carboxylic acids is 1. The van der Waals surface area contributed by atoms with Crippen molar-refractivity contribution in [3.63, 3.8) is 0 Å². The van der Waals surface area contributed by atoms with Crippen LogP contribution in [0.15, 0.2) is 52.9 Å². The number of hydrogen-bond donors (Lipinski definition) is 1. The number of anilines is 1. The second-order valence-electron chi connectivity index (χ2n) is 7.99. The summed E-state index contributed by atoms with van der Waals surface area (Å²) in [4.78, 5) is 21.5. The van der Waals surface area contributed by atoms with Crippen molar-refractivity contribution >= 4 is 11.7 Å². The number of methoxy groups -OCH3 is 1. The van der Waals surface area contributed by atoms with Crippen LogP contribution in [0.1, 0.15) is 23.9 Å². The van der Waals surface area contributed by atoms with Crippen LogP contribution in [0.2, 0.25) is 0 Å². The zero-order valence-corrected chi connectivity index (χ0v) is 18.9. The minimum absolute atomic E-state index is 0.0479. The molecule has 0 unspecified atom stereocenters. The number of oxazole rings is 1. The molecule has 0 atom stereocenters. The van der Waals surface area contributed by atoms with Crippen molar-refractivity contribution in [1.29, 1.82) is 0 Å². The van der Waals surface area contributed by atoms with Gasteiger partial charge in [-0.25, -0.2) is 9.78 Å². The monoisotopic (exact) mass is 434 g/mol. The molecule has 1 aromatic heterocycles. The molecule has 4 rings (SSSR count). The number of nitrogens with zero attached hydrogens (tertiary/aromatic N) is 3. The molecule has 2 amide bonds. The molecule has 0 saturated carbocycles. The topological polar surface area (TPSA) is 70.8 Å². The maximum atomic E-state index is 12.6. The molecule has 2 aromatic carbocycles. The van der Waals surface area contributed by atoms with Gasteiger partial charge in [-0.05, 0) is 55.3 Å². The Bertz CT molecular complexity index is 1040. The normalized spacial score (nSPS) is 14.4. The van der Waals surface area contributed by atoms with E-state index >= 15 is 0 Å². The molecule has 1 aliphatic rings. The molecule has 0 aliphatic carbocycles. The van der Waals surface area contributed by atoms with Crippen LogP contribution in [0.4, 0.5) is 10.5 Å². The van der Waals surface area contributed by atoms with E-state index in [0.717, 1.165) is 48.0 Å². The minimum atomic E-state index is -0.0479. The van der Waals surface area contributed by atoms with Gasteiger partial charge in [0.25, 0.3) is 0 Å². The first-order valence-electron chi connectivity index (χ1n) is 11.0. The summed E-state index contributed by atoms with van der Waals surface area (Å²) in [5.74, 6) is 2.25. The van der Waals surface area contributed by atoms with Gasteiger partial charge in [0, 0.05) is 44.0 Å². The van der Waals surface area contributed by atoms with Gasteiger partial charge in [0.05, 0.1) is 12.8 Å². The van der Waals surface area contributed by atoms with Gasteiger partial charge in [-0.15, -0.1) is 0 Å². The first kappa shape index (κ1) is 21.9. The van der Waals surface area contributed by atoms with Gasteiger partial charge in [-0.2, -0.15) is 0 Å². The predicted octanol–water partition coefficient (Wildman–Crippen LogP) is 4.57. The molecule has 1 saturated heterocycles. The first-order valence-corrected chi connectivity index (χ1v) is 11.0. The number of aromatic nitrogens is 1. The van der Waals surface area contributed by atoms with E-state index < -0.39 is 0 Å². The highest BCUT2D eigenvalue weighted by Gasteiger charge is 2.23. The lowest BCUT2D eigenvalue weighted by Crippen LogP contribution is -2.49. The van der Waals surface area contributed by atoms with Crippen molar-refractivity contribution in [3.05, 3.63) is 65.5 Å². The molecule has 0 bridgehead atoms. The third kappa shape index (κ3) is 5.11. The zero-order valence-electron chi connectivity index (χ0n) is 18.9. The van der Waals surface area contributed by atoms with Gasteiger partial charge >= 0.3 is 6.03 Å². The van der Waals surface area contributed by atoms with Gasteiger partial charge in [0.1, 0.15) is 11.5 Å². The van der Waals surface area contributed by atoms with Crippen LogP contribution in [0.3, 0.4) is 0 Å². The number of urea groups is 1. The lowest BCUT2D eigenvalue weighted by Gasteiger charge is -2.34. The molecular formula is C25H30N4O3. The van der Waals surface area contributed by atoms with Gasteiger partial charge in [-0.1, -0.05) is 19.1 Å². The van der Waals surface area contributed by atoms with E-state index in [2.05, 4.69) is 17.1 Å². The Kier molecular flexibility index (Phi) is 6.75. The summed E-state index contributed by atoms with van der Waals surface area (Å²) in [6.07, 6.45) is 0.989. The Morgan fingerprint density at radius 3 is 2.38 bits per heavy atom. The number of carbonyl (C=O) groups is 1. The molecule has 1 aliphatic heterocycles. The lowest BCUT2D eigenvalue weighted by atomic mass is 10.1. The molecule has 7 heteroatoms. The van der Waals surface area contributed by atoms with E-state index in [1.54, 1.807) is 7.11 Å². The molecule has 32 heavy (non-hydrogen) atoms.